The number of anilines is 1. The molecule has 8 heteroatoms. The van der Waals surface area contributed by atoms with Crippen molar-refractivity contribution in [2.24, 2.45) is 5.92 Å². The Morgan fingerprint density at radius 1 is 1.22 bits per heavy atom. The Kier molecular flexibility index (Phi) is 6.14. The van der Waals surface area contributed by atoms with Gasteiger partial charge in [-0.15, -0.1) is 0 Å². The van der Waals surface area contributed by atoms with Crippen LogP contribution in [0.15, 0.2) is 12.1 Å². The molecule has 2 amide bonds. The van der Waals surface area contributed by atoms with Gasteiger partial charge in [0.2, 0.25) is 0 Å². The zero-order chi connectivity index (χ0) is 17.8. The largest absolute Gasteiger partial charge is 0.388 e. The van der Waals surface area contributed by atoms with Crippen molar-refractivity contribution in [1.82, 2.24) is 5.32 Å². The number of hydrogen-bond donors (Lipinski definition) is 3. The van der Waals surface area contributed by atoms with Crippen LogP contribution < -0.4 is 10.6 Å². The molecule has 0 saturated heterocycles. The normalized spacial score (nSPS) is 14.7. The number of hydrogen-bond acceptors (Lipinski definition) is 3. The maximum atomic E-state index is 13.4. The smallest absolute Gasteiger partial charge is 0.313 e. The van der Waals surface area contributed by atoms with Crippen LogP contribution in [-0.4, -0.2) is 29.1 Å². The first kappa shape index (κ1) is 19.0. The van der Waals surface area contributed by atoms with Gasteiger partial charge in [-0.1, -0.05) is 20.3 Å². The van der Waals surface area contributed by atoms with Gasteiger partial charge in [-0.05, 0) is 25.0 Å². The van der Waals surface area contributed by atoms with Crippen molar-refractivity contribution in [3.63, 3.8) is 0 Å². The third-order valence-electron chi connectivity index (χ3n) is 3.77. The highest BCUT2D eigenvalue weighted by molar-refractivity contribution is 6.39. The fourth-order valence-corrected chi connectivity index (χ4v) is 1.76. The molecule has 0 aromatic heterocycles. The minimum atomic E-state index is -1.75. The predicted octanol–water partition coefficient (Wildman–Crippen LogP) is 1.96. The van der Waals surface area contributed by atoms with E-state index in [0.717, 1.165) is 6.07 Å². The second-order valence-corrected chi connectivity index (χ2v) is 5.53. The summed E-state index contributed by atoms with van der Waals surface area (Å²) in [6.45, 7) is 4.96. The summed E-state index contributed by atoms with van der Waals surface area (Å²) in [4.78, 5) is 23.3. The van der Waals surface area contributed by atoms with E-state index in [9.17, 15) is 27.9 Å². The average molecular weight is 332 g/mol. The van der Waals surface area contributed by atoms with Crippen molar-refractivity contribution in [2.75, 3.05) is 11.9 Å². The lowest BCUT2D eigenvalue weighted by atomic mass is 9.89. The van der Waals surface area contributed by atoms with Gasteiger partial charge < -0.3 is 15.7 Å². The van der Waals surface area contributed by atoms with Gasteiger partial charge in [0.05, 0.1) is 11.3 Å². The molecule has 2 atom stereocenters. The Labute approximate surface area is 131 Å². The van der Waals surface area contributed by atoms with Gasteiger partial charge in [-0.2, -0.15) is 0 Å². The van der Waals surface area contributed by atoms with Crippen molar-refractivity contribution in [3.8, 4) is 0 Å². The molecule has 1 rings (SSSR count). The van der Waals surface area contributed by atoms with Gasteiger partial charge in [0, 0.05) is 6.54 Å². The Balaban J connectivity index is 2.69. The lowest BCUT2D eigenvalue weighted by Gasteiger charge is -2.29. The van der Waals surface area contributed by atoms with Gasteiger partial charge >= 0.3 is 11.8 Å². The Morgan fingerprint density at radius 3 is 2.39 bits per heavy atom. The second kappa shape index (κ2) is 7.45. The molecule has 23 heavy (non-hydrogen) atoms. The van der Waals surface area contributed by atoms with E-state index in [1.54, 1.807) is 6.92 Å². The maximum Gasteiger partial charge on any atom is 0.313 e. The Hall–Kier alpha value is -2.09. The average Bonchev–Trinajstić information content (AvgIpc) is 2.52. The van der Waals surface area contributed by atoms with Crippen molar-refractivity contribution >= 4 is 17.5 Å². The molecule has 1 aromatic rings. The zero-order valence-electron chi connectivity index (χ0n) is 13.0. The molecule has 0 heterocycles. The number of amides is 2. The number of aliphatic hydroxyl groups is 1. The monoisotopic (exact) mass is 332 g/mol. The van der Waals surface area contributed by atoms with E-state index in [4.69, 9.17) is 0 Å². The van der Waals surface area contributed by atoms with Crippen LogP contribution in [0.3, 0.4) is 0 Å². The lowest BCUT2D eigenvalue weighted by molar-refractivity contribution is -0.137. The van der Waals surface area contributed by atoms with Crippen LogP contribution >= 0.6 is 0 Å². The number of rotatable bonds is 5. The Bertz CT molecular complexity index is 606. The highest BCUT2D eigenvalue weighted by Crippen LogP contribution is 2.20. The van der Waals surface area contributed by atoms with Gasteiger partial charge in [0.1, 0.15) is 0 Å². The topological polar surface area (TPSA) is 78.4 Å². The molecule has 0 radical (unpaired) electrons. The maximum absolute atomic E-state index is 13.4. The van der Waals surface area contributed by atoms with Crippen LogP contribution in [-0.2, 0) is 9.59 Å². The van der Waals surface area contributed by atoms with Crippen molar-refractivity contribution < 1.29 is 27.9 Å². The summed E-state index contributed by atoms with van der Waals surface area (Å²) in [5.41, 5.74) is -1.88. The second-order valence-electron chi connectivity index (χ2n) is 5.53. The van der Waals surface area contributed by atoms with Crippen LogP contribution in [0.5, 0.6) is 0 Å². The molecule has 0 bridgehead atoms. The van der Waals surface area contributed by atoms with Gasteiger partial charge in [-0.25, -0.2) is 13.2 Å². The van der Waals surface area contributed by atoms with E-state index in [1.807, 2.05) is 12.2 Å². The summed E-state index contributed by atoms with van der Waals surface area (Å²) in [6.07, 6.45) is 0.662. The first-order valence-corrected chi connectivity index (χ1v) is 7.05. The standard InChI is InChI=1S/C15H19F3N2O3/c1-4-8(2)15(3,23)7-19-13(21)14(22)20-10-6-5-9(16)11(17)12(10)18/h5-6,8,23H,4,7H2,1-3H3,(H,19,21)(H,20,22)/t8-,15+/m0/s1. The molecule has 5 nitrogen and oxygen atoms in total. The fraction of sp³-hybridized carbons (Fsp3) is 0.467. The predicted molar refractivity (Wildman–Crippen MR) is 78.0 cm³/mol. The van der Waals surface area contributed by atoms with Gasteiger partial charge in [0.25, 0.3) is 0 Å². The molecule has 3 N–H and O–H groups in total. The summed E-state index contributed by atoms with van der Waals surface area (Å²) >= 11 is 0. The van der Waals surface area contributed by atoms with Crippen LogP contribution in [0.1, 0.15) is 27.2 Å². The zero-order valence-corrected chi connectivity index (χ0v) is 13.0. The summed E-state index contributed by atoms with van der Waals surface area (Å²) in [5, 5.41) is 14.2. The van der Waals surface area contributed by atoms with Crippen molar-refractivity contribution in [1.29, 1.82) is 0 Å². The number of carbonyl (C=O) groups is 2. The number of benzene rings is 1. The molecular weight excluding hydrogens is 313 g/mol. The van der Waals surface area contributed by atoms with Gasteiger partial charge in [0.15, 0.2) is 17.5 Å². The fourth-order valence-electron chi connectivity index (χ4n) is 1.76. The minimum Gasteiger partial charge on any atom is -0.388 e. The Morgan fingerprint density at radius 2 is 1.83 bits per heavy atom. The molecular formula is C15H19F3N2O3. The molecule has 0 spiro atoms. The summed E-state index contributed by atoms with van der Waals surface area (Å²) < 4.78 is 39.2. The molecule has 0 aliphatic rings. The molecule has 0 fully saturated rings. The van der Waals surface area contributed by atoms with E-state index in [1.165, 1.54) is 6.92 Å². The third kappa shape index (κ3) is 4.69. The first-order chi connectivity index (χ1) is 10.6. The summed E-state index contributed by atoms with van der Waals surface area (Å²) in [7, 11) is 0. The molecule has 128 valence electrons. The number of halogens is 3. The van der Waals surface area contributed by atoms with E-state index in [2.05, 4.69) is 5.32 Å². The quantitative estimate of drug-likeness (QED) is 0.570. The summed E-state index contributed by atoms with van der Waals surface area (Å²) in [5.74, 6) is -7.27. The van der Waals surface area contributed by atoms with Crippen molar-refractivity contribution in [3.05, 3.63) is 29.6 Å². The highest BCUT2D eigenvalue weighted by Gasteiger charge is 2.28. The molecule has 1 aromatic carbocycles. The third-order valence-corrected chi connectivity index (χ3v) is 3.77. The highest BCUT2D eigenvalue weighted by atomic mass is 19.2. The van der Waals surface area contributed by atoms with E-state index in [-0.39, 0.29) is 12.5 Å². The molecule has 0 saturated carbocycles. The SMILES string of the molecule is CC[C@H](C)[C@](C)(O)CNC(=O)C(=O)Nc1ccc(F)c(F)c1F. The first-order valence-electron chi connectivity index (χ1n) is 7.05. The van der Waals surface area contributed by atoms with Crippen LogP contribution in [0, 0.1) is 23.4 Å². The number of nitrogens with one attached hydrogen (secondary N) is 2. The minimum absolute atomic E-state index is 0.130. The molecule has 0 aliphatic heterocycles. The lowest BCUT2D eigenvalue weighted by Crippen LogP contribution is -2.47. The van der Waals surface area contributed by atoms with Crippen molar-refractivity contribution in [2.45, 2.75) is 32.8 Å². The van der Waals surface area contributed by atoms with E-state index < -0.39 is 40.6 Å². The van der Waals surface area contributed by atoms with E-state index in [0.29, 0.717) is 12.5 Å². The summed E-state index contributed by atoms with van der Waals surface area (Å²) in [6, 6.07) is 1.42. The number of carbonyl (C=O) groups excluding carboxylic acids is 2. The molecule has 0 aliphatic carbocycles. The van der Waals surface area contributed by atoms with Crippen LogP contribution in [0.25, 0.3) is 0 Å². The van der Waals surface area contributed by atoms with Gasteiger partial charge in [-0.3, -0.25) is 9.59 Å². The van der Waals surface area contributed by atoms with E-state index >= 15 is 0 Å². The van der Waals surface area contributed by atoms with Crippen LogP contribution in [0.2, 0.25) is 0 Å². The van der Waals surface area contributed by atoms with Crippen LogP contribution in [0.4, 0.5) is 18.9 Å². The molecule has 0 unspecified atom stereocenters.